The van der Waals surface area contributed by atoms with Gasteiger partial charge in [-0.2, -0.15) is 0 Å². The van der Waals surface area contributed by atoms with Crippen LogP contribution in [0.1, 0.15) is 56.9 Å². The van der Waals surface area contributed by atoms with Crippen LogP contribution in [0.25, 0.3) is 11.1 Å². The first-order valence-electron chi connectivity index (χ1n) is 12.3. The number of benzene rings is 1. The molecular formula is C28H35N5O3S. The standard InChI is InChI=1S/C28H35N5O3S/c1-17-9-10-19(14-20(17)18-8-7-11-29-16-18)31-26(36)32-23-21(15-22(37-23)27(2,3)4)24(34)33-13-12-30-25(35)28(33,5)6/h7-11,14-16,24,34H,12-13H2,1-6H3,(H,30,35)(H2,31,32,36). The Hall–Kier alpha value is -3.27. The molecule has 1 aliphatic heterocycles. The molecule has 2 aromatic heterocycles. The van der Waals surface area contributed by atoms with Crippen molar-refractivity contribution in [3.8, 4) is 11.1 Å². The van der Waals surface area contributed by atoms with E-state index in [2.05, 4.69) is 41.7 Å². The second-order valence-electron chi connectivity index (χ2n) is 10.9. The summed E-state index contributed by atoms with van der Waals surface area (Å²) < 4.78 is 0. The normalized spacial score (nSPS) is 16.7. The Kier molecular flexibility index (Phi) is 7.41. The van der Waals surface area contributed by atoms with E-state index in [1.807, 2.05) is 43.3 Å². The second kappa shape index (κ2) is 10.2. The maximum Gasteiger partial charge on any atom is 0.324 e. The highest BCUT2D eigenvalue weighted by atomic mass is 32.1. The Morgan fingerprint density at radius 1 is 1.22 bits per heavy atom. The molecule has 196 valence electrons. The number of carbonyl (C=O) groups excluding carboxylic acids is 2. The number of piperazine rings is 1. The summed E-state index contributed by atoms with van der Waals surface area (Å²) >= 11 is 1.43. The van der Waals surface area contributed by atoms with E-state index in [0.717, 1.165) is 21.6 Å². The lowest BCUT2D eigenvalue weighted by Crippen LogP contribution is -2.62. The van der Waals surface area contributed by atoms with Gasteiger partial charge < -0.3 is 15.7 Å². The highest BCUT2D eigenvalue weighted by molar-refractivity contribution is 7.16. The maximum atomic E-state index is 13.1. The molecule has 37 heavy (non-hydrogen) atoms. The van der Waals surface area contributed by atoms with E-state index >= 15 is 0 Å². The Morgan fingerprint density at radius 2 is 1.97 bits per heavy atom. The summed E-state index contributed by atoms with van der Waals surface area (Å²) in [6.07, 6.45) is 2.47. The van der Waals surface area contributed by atoms with Crippen LogP contribution in [0.15, 0.2) is 48.8 Å². The number of carbonyl (C=O) groups is 2. The third-order valence-corrected chi connectivity index (χ3v) is 8.17. The number of thiophene rings is 1. The lowest BCUT2D eigenvalue weighted by molar-refractivity contribution is -0.146. The van der Waals surface area contributed by atoms with Gasteiger partial charge in [0, 0.05) is 47.2 Å². The number of rotatable bonds is 5. The van der Waals surface area contributed by atoms with Gasteiger partial charge in [0.1, 0.15) is 11.2 Å². The monoisotopic (exact) mass is 521 g/mol. The summed E-state index contributed by atoms with van der Waals surface area (Å²) in [7, 11) is 0. The molecule has 3 amide bonds. The minimum atomic E-state index is -1.06. The Bertz CT molecular complexity index is 1300. The number of amides is 3. The van der Waals surface area contributed by atoms with Crippen molar-refractivity contribution in [3.63, 3.8) is 0 Å². The molecule has 0 spiro atoms. The molecule has 1 atom stereocenters. The van der Waals surface area contributed by atoms with Crippen LogP contribution in [-0.2, 0) is 10.2 Å². The van der Waals surface area contributed by atoms with Gasteiger partial charge in [-0.05, 0) is 61.6 Å². The van der Waals surface area contributed by atoms with Crippen molar-refractivity contribution in [1.82, 2.24) is 15.2 Å². The molecule has 0 aliphatic carbocycles. The van der Waals surface area contributed by atoms with Crippen LogP contribution in [0, 0.1) is 6.92 Å². The molecule has 4 N–H and O–H groups in total. The average Bonchev–Trinajstić information content (AvgIpc) is 3.26. The molecule has 1 aliphatic rings. The predicted octanol–water partition coefficient (Wildman–Crippen LogP) is 5.26. The summed E-state index contributed by atoms with van der Waals surface area (Å²) in [4.78, 5) is 32.6. The molecule has 9 heteroatoms. The zero-order valence-electron chi connectivity index (χ0n) is 22.2. The Balaban J connectivity index is 1.60. The van der Waals surface area contributed by atoms with E-state index in [1.54, 1.807) is 31.1 Å². The van der Waals surface area contributed by atoms with Gasteiger partial charge in [-0.25, -0.2) is 4.79 Å². The zero-order chi connectivity index (χ0) is 27.0. The number of hydrogen-bond donors (Lipinski definition) is 4. The molecule has 3 heterocycles. The van der Waals surface area contributed by atoms with E-state index in [9.17, 15) is 14.7 Å². The van der Waals surface area contributed by atoms with Crippen LogP contribution in [0.5, 0.6) is 0 Å². The van der Waals surface area contributed by atoms with Crippen LogP contribution in [0.3, 0.4) is 0 Å². The molecule has 1 aromatic carbocycles. The van der Waals surface area contributed by atoms with Crippen LogP contribution >= 0.6 is 11.3 Å². The number of aryl methyl sites for hydroxylation is 1. The third kappa shape index (κ3) is 5.69. The van der Waals surface area contributed by atoms with Crippen molar-refractivity contribution < 1.29 is 14.7 Å². The largest absolute Gasteiger partial charge is 0.374 e. The number of anilines is 2. The van der Waals surface area contributed by atoms with Crippen molar-refractivity contribution >= 4 is 34.0 Å². The van der Waals surface area contributed by atoms with E-state index < -0.39 is 17.8 Å². The van der Waals surface area contributed by atoms with Gasteiger partial charge in [-0.15, -0.1) is 11.3 Å². The zero-order valence-corrected chi connectivity index (χ0v) is 23.0. The van der Waals surface area contributed by atoms with Gasteiger partial charge in [-0.3, -0.25) is 20.0 Å². The SMILES string of the molecule is Cc1ccc(NC(=O)Nc2sc(C(C)(C)C)cc2C(O)N2CCNC(=O)C2(C)C)cc1-c1cccnc1. The number of nitrogens with zero attached hydrogens (tertiary/aromatic N) is 2. The number of aromatic nitrogens is 1. The van der Waals surface area contributed by atoms with Crippen molar-refractivity contribution in [2.24, 2.45) is 0 Å². The van der Waals surface area contributed by atoms with Crippen molar-refractivity contribution in [2.75, 3.05) is 23.7 Å². The van der Waals surface area contributed by atoms with Crippen LogP contribution in [0.4, 0.5) is 15.5 Å². The minimum Gasteiger partial charge on any atom is -0.374 e. The average molecular weight is 522 g/mol. The van der Waals surface area contributed by atoms with Crippen molar-refractivity contribution in [3.05, 3.63) is 64.8 Å². The van der Waals surface area contributed by atoms with Gasteiger partial charge >= 0.3 is 6.03 Å². The van der Waals surface area contributed by atoms with Gasteiger partial charge in [-0.1, -0.05) is 32.9 Å². The highest BCUT2D eigenvalue weighted by Gasteiger charge is 2.42. The molecule has 0 bridgehead atoms. The molecular weight excluding hydrogens is 486 g/mol. The first-order chi connectivity index (χ1) is 17.4. The molecule has 1 fully saturated rings. The van der Waals surface area contributed by atoms with E-state index in [0.29, 0.717) is 29.3 Å². The van der Waals surface area contributed by atoms with Crippen LogP contribution in [0.2, 0.25) is 0 Å². The molecule has 1 unspecified atom stereocenters. The smallest absolute Gasteiger partial charge is 0.324 e. The van der Waals surface area contributed by atoms with Gasteiger partial charge in [0.15, 0.2) is 0 Å². The first kappa shape index (κ1) is 26.8. The topological polar surface area (TPSA) is 107 Å². The number of nitrogens with one attached hydrogen (secondary N) is 3. The molecule has 3 aromatic rings. The predicted molar refractivity (Wildman–Crippen MR) is 149 cm³/mol. The minimum absolute atomic E-state index is 0.139. The maximum absolute atomic E-state index is 13.1. The number of aliphatic hydroxyl groups excluding tert-OH is 1. The molecule has 8 nitrogen and oxygen atoms in total. The molecule has 4 rings (SSSR count). The summed E-state index contributed by atoms with van der Waals surface area (Å²) in [6.45, 7) is 12.8. The summed E-state index contributed by atoms with van der Waals surface area (Å²) in [5, 5.41) is 20.7. The summed E-state index contributed by atoms with van der Waals surface area (Å²) in [6, 6.07) is 11.1. The van der Waals surface area contributed by atoms with Crippen LogP contribution < -0.4 is 16.0 Å². The molecule has 0 radical (unpaired) electrons. The third-order valence-electron chi connectivity index (χ3n) is 6.68. The first-order valence-corrected chi connectivity index (χ1v) is 13.2. The van der Waals surface area contributed by atoms with E-state index in [1.165, 1.54) is 11.3 Å². The van der Waals surface area contributed by atoms with Crippen LogP contribution in [-0.4, -0.2) is 45.6 Å². The highest BCUT2D eigenvalue weighted by Crippen LogP contribution is 2.41. The van der Waals surface area contributed by atoms with E-state index in [-0.39, 0.29) is 11.3 Å². The quantitative estimate of drug-likeness (QED) is 0.366. The molecule has 0 saturated carbocycles. The van der Waals surface area contributed by atoms with Crippen molar-refractivity contribution in [2.45, 2.75) is 58.7 Å². The lowest BCUT2D eigenvalue weighted by atomic mass is 9.93. The number of hydrogen-bond acceptors (Lipinski definition) is 6. The van der Waals surface area contributed by atoms with Crippen molar-refractivity contribution in [1.29, 1.82) is 0 Å². The van der Waals surface area contributed by atoms with Gasteiger partial charge in [0.2, 0.25) is 5.91 Å². The van der Waals surface area contributed by atoms with Gasteiger partial charge in [0.25, 0.3) is 0 Å². The fourth-order valence-electron chi connectivity index (χ4n) is 4.37. The number of pyridine rings is 1. The summed E-state index contributed by atoms with van der Waals surface area (Å²) in [5.74, 6) is -0.139. The number of urea groups is 1. The lowest BCUT2D eigenvalue weighted by Gasteiger charge is -2.43. The number of aliphatic hydroxyl groups is 1. The fraction of sp³-hybridized carbons (Fsp3) is 0.393. The summed E-state index contributed by atoms with van der Waals surface area (Å²) in [5.41, 5.74) is 3.17. The Labute approximate surface area is 222 Å². The fourth-order valence-corrected chi connectivity index (χ4v) is 5.51. The van der Waals surface area contributed by atoms with E-state index in [4.69, 9.17) is 0 Å². The second-order valence-corrected chi connectivity index (χ2v) is 11.9. The Morgan fingerprint density at radius 3 is 2.65 bits per heavy atom. The van der Waals surface area contributed by atoms with Gasteiger partial charge in [0.05, 0.1) is 5.54 Å². The molecule has 1 saturated heterocycles.